The van der Waals surface area contributed by atoms with E-state index >= 15 is 0 Å². The van der Waals surface area contributed by atoms with Crippen LogP contribution in [0.2, 0.25) is 10.0 Å². The van der Waals surface area contributed by atoms with Crippen LogP contribution in [0.15, 0.2) is 41.5 Å². The SMILES string of the molecule is CCOc1ccc(C=NNc2ccc(Cl)c(Cl)c2)c(OCC)c1. The summed E-state index contributed by atoms with van der Waals surface area (Å²) in [7, 11) is 0. The molecule has 23 heavy (non-hydrogen) atoms. The number of hydrazone groups is 1. The number of anilines is 1. The number of nitrogens with zero attached hydrogens (tertiary/aromatic N) is 1. The third-order valence-electron chi connectivity index (χ3n) is 2.91. The average molecular weight is 353 g/mol. The van der Waals surface area contributed by atoms with Gasteiger partial charge in [-0.3, -0.25) is 5.43 Å². The maximum absolute atomic E-state index is 5.97. The Hall–Kier alpha value is -1.91. The molecule has 0 spiro atoms. The maximum Gasteiger partial charge on any atom is 0.131 e. The van der Waals surface area contributed by atoms with E-state index in [1.54, 1.807) is 24.4 Å². The monoisotopic (exact) mass is 352 g/mol. The van der Waals surface area contributed by atoms with Crippen LogP contribution in [0.5, 0.6) is 11.5 Å². The molecule has 122 valence electrons. The van der Waals surface area contributed by atoms with Crippen molar-refractivity contribution in [1.82, 2.24) is 0 Å². The molecule has 0 aliphatic carbocycles. The van der Waals surface area contributed by atoms with Crippen LogP contribution < -0.4 is 14.9 Å². The van der Waals surface area contributed by atoms with Crippen molar-refractivity contribution >= 4 is 35.1 Å². The quantitative estimate of drug-likeness (QED) is 0.547. The van der Waals surface area contributed by atoms with Crippen LogP contribution in [0, 0.1) is 0 Å². The Kier molecular flexibility index (Phi) is 6.56. The maximum atomic E-state index is 5.97. The van der Waals surface area contributed by atoms with Crippen LogP contribution in [-0.2, 0) is 0 Å². The van der Waals surface area contributed by atoms with Gasteiger partial charge in [0.15, 0.2) is 0 Å². The molecule has 1 N–H and O–H groups in total. The van der Waals surface area contributed by atoms with Gasteiger partial charge in [-0.2, -0.15) is 5.10 Å². The van der Waals surface area contributed by atoms with Crippen molar-refractivity contribution in [2.24, 2.45) is 5.10 Å². The van der Waals surface area contributed by atoms with Gasteiger partial charge in [-0.1, -0.05) is 23.2 Å². The minimum atomic E-state index is 0.475. The zero-order valence-corrected chi connectivity index (χ0v) is 14.5. The molecular formula is C17H18Cl2N2O2. The molecular weight excluding hydrogens is 335 g/mol. The van der Waals surface area contributed by atoms with Crippen molar-refractivity contribution in [3.63, 3.8) is 0 Å². The predicted octanol–water partition coefficient (Wildman–Crippen LogP) is 5.24. The molecule has 2 aromatic carbocycles. The summed E-state index contributed by atoms with van der Waals surface area (Å²) >= 11 is 11.8. The smallest absolute Gasteiger partial charge is 0.131 e. The Morgan fingerprint density at radius 3 is 2.48 bits per heavy atom. The number of rotatable bonds is 7. The molecule has 0 unspecified atom stereocenters. The van der Waals surface area contributed by atoms with Gasteiger partial charge in [-0.25, -0.2) is 0 Å². The van der Waals surface area contributed by atoms with Gasteiger partial charge in [-0.05, 0) is 44.2 Å². The second-order valence-corrected chi connectivity index (χ2v) is 5.38. The van der Waals surface area contributed by atoms with E-state index in [4.69, 9.17) is 32.7 Å². The highest BCUT2D eigenvalue weighted by molar-refractivity contribution is 6.42. The van der Waals surface area contributed by atoms with E-state index in [0.29, 0.717) is 23.3 Å². The molecule has 0 radical (unpaired) electrons. The zero-order chi connectivity index (χ0) is 16.7. The van der Waals surface area contributed by atoms with Crippen molar-refractivity contribution in [2.75, 3.05) is 18.6 Å². The molecule has 0 bridgehead atoms. The molecule has 0 aliphatic rings. The van der Waals surface area contributed by atoms with Gasteiger partial charge < -0.3 is 9.47 Å². The molecule has 2 rings (SSSR count). The molecule has 0 aliphatic heterocycles. The number of ether oxygens (including phenoxy) is 2. The van der Waals surface area contributed by atoms with Crippen molar-refractivity contribution in [1.29, 1.82) is 0 Å². The van der Waals surface area contributed by atoms with Crippen LogP contribution in [0.25, 0.3) is 0 Å². The number of hydrogen-bond acceptors (Lipinski definition) is 4. The minimum Gasteiger partial charge on any atom is -0.494 e. The number of nitrogens with one attached hydrogen (secondary N) is 1. The van der Waals surface area contributed by atoms with Crippen LogP contribution in [0.3, 0.4) is 0 Å². The Labute approximate surface area is 146 Å². The lowest BCUT2D eigenvalue weighted by molar-refractivity contribution is 0.323. The Morgan fingerprint density at radius 1 is 1.00 bits per heavy atom. The standard InChI is InChI=1S/C17H18Cl2N2O2/c1-3-22-14-7-5-12(17(10-14)23-4-2)11-20-21-13-6-8-15(18)16(19)9-13/h5-11,21H,3-4H2,1-2H3. The first-order valence-corrected chi connectivity index (χ1v) is 8.03. The fourth-order valence-corrected chi connectivity index (χ4v) is 2.20. The van der Waals surface area contributed by atoms with Crippen LogP contribution >= 0.6 is 23.2 Å². The number of benzene rings is 2. The normalized spacial score (nSPS) is 10.8. The van der Waals surface area contributed by atoms with Crippen molar-refractivity contribution in [3.05, 3.63) is 52.0 Å². The number of hydrogen-bond donors (Lipinski definition) is 1. The van der Waals surface area contributed by atoms with Crippen LogP contribution in [0.4, 0.5) is 5.69 Å². The summed E-state index contributed by atoms with van der Waals surface area (Å²) in [5.41, 5.74) is 4.51. The van der Waals surface area contributed by atoms with Crippen molar-refractivity contribution < 1.29 is 9.47 Å². The molecule has 0 saturated carbocycles. The summed E-state index contributed by atoms with van der Waals surface area (Å²) < 4.78 is 11.1. The second kappa shape index (κ2) is 8.65. The van der Waals surface area contributed by atoms with Crippen LogP contribution in [-0.4, -0.2) is 19.4 Å². The number of halogens is 2. The molecule has 0 saturated heterocycles. The van der Waals surface area contributed by atoms with E-state index in [1.807, 2.05) is 32.0 Å². The van der Waals surface area contributed by atoms with Gasteiger partial charge in [-0.15, -0.1) is 0 Å². The van der Waals surface area contributed by atoms with E-state index in [0.717, 1.165) is 22.7 Å². The van der Waals surface area contributed by atoms with Gasteiger partial charge in [0.05, 0.1) is 35.2 Å². The van der Waals surface area contributed by atoms with Gasteiger partial charge >= 0.3 is 0 Å². The molecule has 4 nitrogen and oxygen atoms in total. The summed E-state index contributed by atoms with van der Waals surface area (Å²) in [6.45, 7) is 5.05. The highest BCUT2D eigenvalue weighted by atomic mass is 35.5. The van der Waals surface area contributed by atoms with Crippen molar-refractivity contribution in [2.45, 2.75) is 13.8 Å². The third-order valence-corrected chi connectivity index (χ3v) is 3.65. The summed E-state index contributed by atoms with van der Waals surface area (Å²) in [5.74, 6) is 1.49. The highest BCUT2D eigenvalue weighted by Gasteiger charge is 2.04. The Balaban J connectivity index is 2.12. The third kappa shape index (κ3) is 5.05. The minimum absolute atomic E-state index is 0.475. The molecule has 0 fully saturated rings. The van der Waals surface area contributed by atoms with Gasteiger partial charge in [0, 0.05) is 11.6 Å². The summed E-state index contributed by atoms with van der Waals surface area (Å²) in [6.07, 6.45) is 1.68. The average Bonchev–Trinajstić information content (AvgIpc) is 2.53. The molecule has 2 aromatic rings. The first kappa shape index (κ1) is 17.4. The Bertz CT molecular complexity index is 690. The lowest BCUT2D eigenvalue weighted by Crippen LogP contribution is -1.99. The second-order valence-electron chi connectivity index (χ2n) is 4.56. The first-order valence-electron chi connectivity index (χ1n) is 7.27. The van der Waals surface area contributed by atoms with Gasteiger partial charge in [0.2, 0.25) is 0 Å². The fraction of sp³-hybridized carbons (Fsp3) is 0.235. The van der Waals surface area contributed by atoms with Crippen molar-refractivity contribution in [3.8, 4) is 11.5 Å². The molecule has 0 heterocycles. The van der Waals surface area contributed by atoms with E-state index in [2.05, 4.69) is 10.5 Å². The van der Waals surface area contributed by atoms with E-state index in [9.17, 15) is 0 Å². The lowest BCUT2D eigenvalue weighted by Gasteiger charge is -2.10. The lowest BCUT2D eigenvalue weighted by atomic mass is 10.2. The molecule has 0 amide bonds. The summed E-state index contributed by atoms with van der Waals surface area (Å²) in [5, 5.41) is 5.18. The predicted molar refractivity (Wildman–Crippen MR) is 96.5 cm³/mol. The highest BCUT2D eigenvalue weighted by Crippen LogP contribution is 2.26. The molecule has 0 atom stereocenters. The van der Waals surface area contributed by atoms with Gasteiger partial charge in [0.1, 0.15) is 11.5 Å². The first-order chi connectivity index (χ1) is 11.1. The van der Waals surface area contributed by atoms with E-state index < -0.39 is 0 Å². The van der Waals surface area contributed by atoms with E-state index in [1.165, 1.54) is 0 Å². The topological polar surface area (TPSA) is 42.8 Å². The van der Waals surface area contributed by atoms with Gasteiger partial charge in [0.25, 0.3) is 0 Å². The largest absolute Gasteiger partial charge is 0.494 e. The summed E-state index contributed by atoms with van der Waals surface area (Å²) in [6, 6.07) is 10.9. The fourth-order valence-electron chi connectivity index (χ4n) is 1.90. The van der Waals surface area contributed by atoms with Crippen LogP contribution in [0.1, 0.15) is 19.4 Å². The zero-order valence-electron chi connectivity index (χ0n) is 13.0. The summed E-state index contributed by atoms with van der Waals surface area (Å²) in [4.78, 5) is 0. The molecule has 0 aromatic heterocycles. The Morgan fingerprint density at radius 2 is 1.78 bits per heavy atom. The molecule has 6 heteroatoms. The van der Waals surface area contributed by atoms with E-state index in [-0.39, 0.29) is 0 Å².